The van der Waals surface area contributed by atoms with E-state index < -0.39 is 15.9 Å². The van der Waals surface area contributed by atoms with E-state index in [2.05, 4.69) is 5.32 Å². The van der Waals surface area contributed by atoms with E-state index in [-0.39, 0.29) is 19.7 Å². The van der Waals surface area contributed by atoms with Crippen LogP contribution >= 0.6 is 11.6 Å². The summed E-state index contributed by atoms with van der Waals surface area (Å²) in [6.45, 7) is 4.00. The van der Waals surface area contributed by atoms with Crippen molar-refractivity contribution < 1.29 is 17.9 Å². The Hall–Kier alpha value is -2.25. The quantitative estimate of drug-likeness (QED) is 0.679. The average molecular weight is 411 g/mol. The van der Waals surface area contributed by atoms with Gasteiger partial charge in [0.1, 0.15) is 18.9 Å². The van der Waals surface area contributed by atoms with E-state index in [1.165, 1.54) is 0 Å². The lowest BCUT2D eigenvalue weighted by atomic mass is 10.2. The van der Waals surface area contributed by atoms with Gasteiger partial charge in [0.25, 0.3) is 0 Å². The molecule has 0 saturated carbocycles. The van der Waals surface area contributed by atoms with Crippen LogP contribution in [0.1, 0.15) is 11.1 Å². The van der Waals surface area contributed by atoms with Crippen molar-refractivity contribution in [1.29, 1.82) is 0 Å². The third kappa shape index (κ3) is 6.45. The molecular formula is C19H23ClN2O4S. The normalized spacial score (nSPS) is 11.1. The van der Waals surface area contributed by atoms with Crippen LogP contribution in [0.25, 0.3) is 0 Å². The lowest BCUT2D eigenvalue weighted by Crippen LogP contribution is -2.41. The topological polar surface area (TPSA) is 75.7 Å². The Morgan fingerprint density at radius 2 is 1.81 bits per heavy atom. The minimum atomic E-state index is -3.58. The average Bonchev–Trinajstić information content (AvgIpc) is 2.59. The summed E-state index contributed by atoms with van der Waals surface area (Å²) in [5.41, 5.74) is 2.41. The molecule has 0 atom stereocenters. The lowest BCUT2D eigenvalue weighted by Gasteiger charge is -2.22. The van der Waals surface area contributed by atoms with Crippen LogP contribution < -0.4 is 14.4 Å². The molecule has 2 rings (SSSR count). The summed E-state index contributed by atoms with van der Waals surface area (Å²) in [7, 11) is -3.58. The van der Waals surface area contributed by atoms with Crippen molar-refractivity contribution in [2.75, 3.05) is 30.3 Å². The lowest BCUT2D eigenvalue weighted by molar-refractivity contribution is -0.119. The highest BCUT2D eigenvalue weighted by molar-refractivity contribution is 7.92. The zero-order chi connectivity index (χ0) is 20.0. The molecule has 0 aliphatic carbocycles. The number of hydrogen-bond donors (Lipinski definition) is 1. The molecule has 0 aliphatic heterocycles. The van der Waals surface area contributed by atoms with Crippen LogP contribution in [-0.2, 0) is 14.8 Å². The maximum atomic E-state index is 12.2. The van der Waals surface area contributed by atoms with Gasteiger partial charge in [-0.1, -0.05) is 35.4 Å². The van der Waals surface area contributed by atoms with Crippen LogP contribution in [0, 0.1) is 13.8 Å². The molecule has 0 fully saturated rings. The first-order chi connectivity index (χ1) is 12.7. The Morgan fingerprint density at radius 3 is 2.41 bits per heavy atom. The molecule has 0 radical (unpaired) electrons. The molecule has 8 heteroatoms. The molecule has 1 N–H and O–H groups in total. The van der Waals surface area contributed by atoms with E-state index in [0.717, 1.165) is 21.7 Å². The maximum absolute atomic E-state index is 12.2. The van der Waals surface area contributed by atoms with E-state index in [9.17, 15) is 13.2 Å². The number of sulfonamides is 1. The number of anilines is 1. The molecular weight excluding hydrogens is 388 g/mol. The van der Waals surface area contributed by atoms with Crippen LogP contribution in [0.2, 0.25) is 5.02 Å². The number of carbonyl (C=O) groups is 1. The van der Waals surface area contributed by atoms with Gasteiger partial charge < -0.3 is 10.1 Å². The van der Waals surface area contributed by atoms with Gasteiger partial charge in [-0.25, -0.2) is 8.42 Å². The van der Waals surface area contributed by atoms with E-state index in [1.807, 2.05) is 19.9 Å². The standard InChI is InChI=1S/C19H23ClN2O4S/c1-14-4-7-16(8-5-14)22(27(3,24)25)13-19(23)21-10-11-26-17-9-6-15(2)18(20)12-17/h4-9,12H,10-11,13H2,1-3H3,(H,21,23). The molecule has 0 aromatic heterocycles. The second-order valence-electron chi connectivity index (χ2n) is 6.21. The van der Waals surface area contributed by atoms with Crippen LogP contribution in [-0.4, -0.2) is 40.3 Å². The van der Waals surface area contributed by atoms with Gasteiger partial charge in [-0.3, -0.25) is 9.10 Å². The fourth-order valence-electron chi connectivity index (χ4n) is 2.32. The summed E-state index contributed by atoms with van der Waals surface area (Å²) >= 11 is 6.03. The zero-order valence-corrected chi connectivity index (χ0v) is 17.1. The zero-order valence-electron chi connectivity index (χ0n) is 15.5. The van der Waals surface area contributed by atoms with Crippen LogP contribution in [0.15, 0.2) is 42.5 Å². The molecule has 2 aromatic rings. The SMILES string of the molecule is Cc1ccc(N(CC(=O)NCCOc2ccc(C)c(Cl)c2)S(C)(=O)=O)cc1. The van der Waals surface area contributed by atoms with Gasteiger partial charge in [-0.2, -0.15) is 0 Å². The third-order valence-electron chi connectivity index (χ3n) is 3.85. The third-order valence-corrected chi connectivity index (χ3v) is 5.39. The van der Waals surface area contributed by atoms with Crippen LogP contribution in [0.3, 0.4) is 0 Å². The Morgan fingerprint density at radius 1 is 1.15 bits per heavy atom. The van der Waals surface area contributed by atoms with Crippen molar-refractivity contribution in [3.05, 3.63) is 58.6 Å². The Labute approximate surface area is 165 Å². The smallest absolute Gasteiger partial charge is 0.240 e. The maximum Gasteiger partial charge on any atom is 0.240 e. The van der Waals surface area contributed by atoms with E-state index in [0.29, 0.717) is 16.5 Å². The minimum Gasteiger partial charge on any atom is -0.492 e. The molecule has 0 heterocycles. The number of amides is 1. The summed E-state index contributed by atoms with van der Waals surface area (Å²) in [5, 5.41) is 3.27. The second kappa shape index (κ2) is 9.10. The number of aryl methyl sites for hydroxylation is 2. The number of nitrogens with zero attached hydrogens (tertiary/aromatic N) is 1. The van der Waals surface area contributed by atoms with E-state index in [4.69, 9.17) is 16.3 Å². The molecule has 0 spiro atoms. The molecule has 27 heavy (non-hydrogen) atoms. The first-order valence-corrected chi connectivity index (χ1v) is 10.6. The van der Waals surface area contributed by atoms with Gasteiger partial charge in [0.05, 0.1) is 18.5 Å². The number of halogens is 1. The van der Waals surface area contributed by atoms with Crippen molar-refractivity contribution >= 4 is 33.2 Å². The molecule has 1 amide bonds. The van der Waals surface area contributed by atoms with E-state index in [1.54, 1.807) is 36.4 Å². The van der Waals surface area contributed by atoms with Gasteiger partial charge >= 0.3 is 0 Å². The Kier molecular flexibility index (Phi) is 7.10. The summed E-state index contributed by atoms with van der Waals surface area (Å²) in [5.74, 6) is 0.198. The summed E-state index contributed by atoms with van der Waals surface area (Å²) < 4.78 is 30.7. The van der Waals surface area contributed by atoms with Gasteiger partial charge in [-0.15, -0.1) is 0 Å². The first-order valence-electron chi connectivity index (χ1n) is 8.37. The highest BCUT2D eigenvalue weighted by atomic mass is 35.5. The molecule has 146 valence electrons. The number of benzene rings is 2. The number of rotatable bonds is 8. The molecule has 2 aromatic carbocycles. The molecule has 0 unspecified atom stereocenters. The van der Waals surface area contributed by atoms with Crippen molar-refractivity contribution in [2.45, 2.75) is 13.8 Å². The minimum absolute atomic E-state index is 0.245. The van der Waals surface area contributed by atoms with Crippen LogP contribution in [0.5, 0.6) is 5.75 Å². The van der Waals surface area contributed by atoms with Crippen molar-refractivity contribution in [3.63, 3.8) is 0 Å². The van der Waals surface area contributed by atoms with Crippen LogP contribution in [0.4, 0.5) is 5.69 Å². The van der Waals surface area contributed by atoms with Gasteiger partial charge in [0.15, 0.2) is 0 Å². The van der Waals surface area contributed by atoms with Crippen molar-refractivity contribution in [3.8, 4) is 5.75 Å². The monoisotopic (exact) mass is 410 g/mol. The first kappa shape index (κ1) is 21.1. The fraction of sp³-hybridized carbons (Fsp3) is 0.316. The number of carbonyl (C=O) groups excluding carboxylic acids is 1. The highest BCUT2D eigenvalue weighted by Gasteiger charge is 2.20. The molecule has 0 saturated heterocycles. The van der Waals surface area contributed by atoms with Gasteiger partial charge in [-0.05, 0) is 43.7 Å². The van der Waals surface area contributed by atoms with Gasteiger partial charge in [0.2, 0.25) is 15.9 Å². The predicted octanol–water partition coefficient (Wildman–Crippen LogP) is 2.92. The summed E-state index contributed by atoms with van der Waals surface area (Å²) in [4.78, 5) is 12.2. The molecule has 0 aliphatic rings. The van der Waals surface area contributed by atoms with Crippen molar-refractivity contribution in [2.24, 2.45) is 0 Å². The predicted molar refractivity (Wildman–Crippen MR) is 108 cm³/mol. The van der Waals surface area contributed by atoms with Crippen molar-refractivity contribution in [1.82, 2.24) is 5.32 Å². The largest absolute Gasteiger partial charge is 0.492 e. The summed E-state index contributed by atoms with van der Waals surface area (Å²) in [6.07, 6.45) is 1.07. The fourth-order valence-corrected chi connectivity index (χ4v) is 3.35. The second-order valence-corrected chi connectivity index (χ2v) is 8.53. The highest BCUT2D eigenvalue weighted by Crippen LogP contribution is 2.21. The number of hydrogen-bond acceptors (Lipinski definition) is 4. The Bertz CT molecular complexity index is 898. The van der Waals surface area contributed by atoms with E-state index >= 15 is 0 Å². The molecule has 0 bridgehead atoms. The number of nitrogens with one attached hydrogen (secondary N) is 1. The summed E-state index contributed by atoms with van der Waals surface area (Å²) in [6, 6.07) is 12.3. The molecule has 6 nitrogen and oxygen atoms in total. The number of ether oxygens (including phenoxy) is 1. The van der Waals surface area contributed by atoms with Gasteiger partial charge in [0, 0.05) is 5.02 Å². The Balaban J connectivity index is 1.88.